The first-order valence-corrected chi connectivity index (χ1v) is 9.59. The van der Waals surface area contributed by atoms with E-state index in [0.29, 0.717) is 5.92 Å². The first-order valence-electron chi connectivity index (χ1n) is 9.59. The van der Waals surface area contributed by atoms with Crippen molar-refractivity contribution in [3.63, 3.8) is 0 Å². The molecule has 3 heterocycles. The Kier molecular flexibility index (Phi) is 4.55. The minimum Gasteiger partial charge on any atom is -0.469 e. The Morgan fingerprint density at radius 1 is 1.28 bits per heavy atom. The molecule has 1 fully saturated rings. The van der Waals surface area contributed by atoms with E-state index in [1.165, 1.54) is 37.4 Å². The molecule has 1 unspecified atom stereocenters. The van der Waals surface area contributed by atoms with Crippen LogP contribution in [-0.4, -0.2) is 42.6 Å². The van der Waals surface area contributed by atoms with Crippen molar-refractivity contribution in [3.8, 4) is 0 Å². The standard InChI is InChI=1S/C21H28N2O2/c1-3-14-10-15-11-18(21(24)25-2)20-17(8-9-23(12-14)13-15)16-6-4-5-7-19(16)22-20/h4-7,14-15,18,22H,3,8-13H2,1-2H3/t14-,15+,18-/m1/s1. The molecule has 0 radical (unpaired) electrons. The number of esters is 1. The minimum absolute atomic E-state index is 0.0973. The maximum absolute atomic E-state index is 12.6. The zero-order chi connectivity index (χ0) is 17.4. The summed E-state index contributed by atoms with van der Waals surface area (Å²) in [6.45, 7) is 5.69. The third kappa shape index (κ3) is 3.08. The van der Waals surface area contributed by atoms with E-state index in [9.17, 15) is 4.79 Å². The lowest BCUT2D eigenvalue weighted by Crippen LogP contribution is -2.41. The van der Waals surface area contributed by atoms with Crippen LogP contribution in [0.1, 0.15) is 43.4 Å². The van der Waals surface area contributed by atoms with E-state index in [0.717, 1.165) is 43.1 Å². The average molecular weight is 340 g/mol. The van der Waals surface area contributed by atoms with E-state index in [1.54, 1.807) is 0 Å². The largest absolute Gasteiger partial charge is 0.469 e. The number of carbonyl (C=O) groups excluding carboxylic acids is 1. The lowest BCUT2D eigenvalue weighted by atomic mass is 9.81. The Morgan fingerprint density at radius 3 is 2.92 bits per heavy atom. The van der Waals surface area contributed by atoms with Crippen LogP contribution in [-0.2, 0) is 16.0 Å². The Balaban J connectivity index is 1.78. The van der Waals surface area contributed by atoms with Crippen molar-refractivity contribution in [2.75, 3.05) is 26.7 Å². The highest BCUT2D eigenvalue weighted by Crippen LogP contribution is 2.38. The van der Waals surface area contributed by atoms with E-state index < -0.39 is 0 Å². The first kappa shape index (κ1) is 16.6. The number of ether oxygens (including phenoxy) is 1. The molecule has 0 spiro atoms. The molecule has 0 aliphatic carbocycles. The number of methoxy groups -OCH3 is 1. The molecule has 2 bridgehead atoms. The summed E-state index contributed by atoms with van der Waals surface area (Å²) in [5.41, 5.74) is 3.54. The van der Waals surface area contributed by atoms with Gasteiger partial charge >= 0.3 is 5.97 Å². The van der Waals surface area contributed by atoms with Gasteiger partial charge < -0.3 is 14.6 Å². The second-order valence-electron chi connectivity index (χ2n) is 7.76. The molecule has 4 atom stereocenters. The molecule has 1 aromatic carbocycles. The summed E-state index contributed by atoms with van der Waals surface area (Å²) < 4.78 is 5.20. The number of aromatic amines is 1. The third-order valence-electron chi connectivity index (χ3n) is 6.20. The summed E-state index contributed by atoms with van der Waals surface area (Å²) in [7, 11) is 1.51. The van der Waals surface area contributed by atoms with E-state index in [1.807, 2.05) is 0 Å². The van der Waals surface area contributed by atoms with Crippen molar-refractivity contribution in [1.29, 1.82) is 0 Å². The number of hydrogen-bond donors (Lipinski definition) is 1. The summed E-state index contributed by atoms with van der Waals surface area (Å²) in [6, 6.07) is 8.42. The van der Waals surface area contributed by atoms with Gasteiger partial charge in [0.25, 0.3) is 0 Å². The number of nitrogens with one attached hydrogen (secondary N) is 1. The van der Waals surface area contributed by atoms with Gasteiger partial charge in [0.15, 0.2) is 0 Å². The first-order chi connectivity index (χ1) is 12.2. The lowest BCUT2D eigenvalue weighted by molar-refractivity contribution is -0.143. The predicted molar refractivity (Wildman–Crippen MR) is 99.7 cm³/mol. The lowest BCUT2D eigenvalue weighted by Gasteiger charge is -2.37. The Hall–Kier alpha value is -1.81. The van der Waals surface area contributed by atoms with Crippen LogP contribution >= 0.6 is 0 Å². The number of nitrogens with zero attached hydrogens (tertiary/aromatic N) is 1. The SMILES string of the molecule is CC[C@@H]1C[C@H]2C[C@@H](C(=O)OC)c3[nH]c4ccccc4c3CCN(C1)C2. The van der Waals surface area contributed by atoms with Crippen LogP contribution in [0.5, 0.6) is 0 Å². The molecule has 4 nitrogen and oxygen atoms in total. The van der Waals surface area contributed by atoms with Crippen LogP contribution in [0.15, 0.2) is 24.3 Å². The molecule has 2 aliphatic rings. The molecule has 1 saturated heterocycles. The maximum Gasteiger partial charge on any atom is 0.314 e. The highest BCUT2D eigenvalue weighted by Gasteiger charge is 2.35. The zero-order valence-corrected chi connectivity index (χ0v) is 15.3. The second-order valence-corrected chi connectivity index (χ2v) is 7.76. The van der Waals surface area contributed by atoms with Crippen molar-refractivity contribution in [3.05, 3.63) is 35.5 Å². The number of aromatic nitrogens is 1. The van der Waals surface area contributed by atoms with Crippen molar-refractivity contribution < 1.29 is 9.53 Å². The number of hydrogen-bond acceptors (Lipinski definition) is 3. The molecule has 25 heavy (non-hydrogen) atoms. The van der Waals surface area contributed by atoms with E-state index in [-0.39, 0.29) is 11.9 Å². The highest BCUT2D eigenvalue weighted by molar-refractivity contribution is 5.88. The van der Waals surface area contributed by atoms with E-state index in [2.05, 4.69) is 41.1 Å². The molecule has 0 saturated carbocycles. The number of para-hydroxylation sites is 1. The van der Waals surface area contributed by atoms with Crippen LogP contribution in [0, 0.1) is 11.8 Å². The van der Waals surface area contributed by atoms with Gasteiger partial charge in [-0.1, -0.05) is 31.5 Å². The van der Waals surface area contributed by atoms with Gasteiger partial charge in [-0.25, -0.2) is 0 Å². The summed E-state index contributed by atoms with van der Waals surface area (Å²) in [5.74, 6) is 1.05. The number of carbonyl (C=O) groups is 1. The molecule has 2 aliphatic heterocycles. The molecular formula is C21H28N2O2. The summed E-state index contributed by atoms with van der Waals surface area (Å²) in [5, 5.41) is 1.26. The maximum atomic E-state index is 12.6. The molecule has 1 aromatic heterocycles. The molecule has 134 valence electrons. The van der Waals surface area contributed by atoms with Gasteiger partial charge in [-0.3, -0.25) is 4.79 Å². The van der Waals surface area contributed by atoms with Crippen LogP contribution in [0.25, 0.3) is 10.9 Å². The Morgan fingerprint density at radius 2 is 2.12 bits per heavy atom. The summed E-state index contributed by atoms with van der Waals surface area (Å²) in [6.07, 6.45) is 4.34. The summed E-state index contributed by atoms with van der Waals surface area (Å²) in [4.78, 5) is 18.8. The van der Waals surface area contributed by atoms with Crippen molar-refractivity contribution in [2.24, 2.45) is 11.8 Å². The topological polar surface area (TPSA) is 45.3 Å². The molecule has 2 aromatic rings. The molecule has 4 rings (SSSR count). The molecule has 4 heteroatoms. The summed E-state index contributed by atoms with van der Waals surface area (Å²) >= 11 is 0. The van der Waals surface area contributed by atoms with Crippen LogP contribution < -0.4 is 0 Å². The van der Waals surface area contributed by atoms with Gasteiger partial charge in [0.2, 0.25) is 0 Å². The number of benzene rings is 1. The third-order valence-corrected chi connectivity index (χ3v) is 6.20. The average Bonchev–Trinajstić information content (AvgIpc) is 3.02. The molecule has 0 amide bonds. The van der Waals surface area contributed by atoms with Gasteiger partial charge in [-0.05, 0) is 42.7 Å². The molecule has 1 N–H and O–H groups in total. The molecular weight excluding hydrogens is 312 g/mol. The van der Waals surface area contributed by atoms with Crippen molar-refractivity contribution >= 4 is 16.9 Å². The number of H-pyrrole nitrogens is 1. The fraction of sp³-hybridized carbons (Fsp3) is 0.571. The van der Waals surface area contributed by atoms with Gasteiger partial charge in [0, 0.05) is 36.2 Å². The number of rotatable bonds is 2. The van der Waals surface area contributed by atoms with Crippen LogP contribution in [0.3, 0.4) is 0 Å². The zero-order valence-electron chi connectivity index (χ0n) is 15.3. The Bertz CT molecular complexity index is 766. The minimum atomic E-state index is -0.173. The van der Waals surface area contributed by atoms with Gasteiger partial charge in [0.1, 0.15) is 0 Å². The highest BCUT2D eigenvalue weighted by atomic mass is 16.5. The monoisotopic (exact) mass is 340 g/mol. The normalized spacial score (nSPS) is 29.4. The van der Waals surface area contributed by atoms with E-state index in [4.69, 9.17) is 4.74 Å². The quantitative estimate of drug-likeness (QED) is 0.848. The van der Waals surface area contributed by atoms with E-state index >= 15 is 0 Å². The number of piperidine rings is 1. The van der Waals surface area contributed by atoms with Crippen molar-refractivity contribution in [1.82, 2.24) is 9.88 Å². The van der Waals surface area contributed by atoms with Crippen molar-refractivity contribution in [2.45, 2.75) is 38.5 Å². The second kappa shape index (κ2) is 6.83. The smallest absolute Gasteiger partial charge is 0.314 e. The van der Waals surface area contributed by atoms with Gasteiger partial charge in [-0.2, -0.15) is 0 Å². The Labute approximate surface area is 149 Å². The number of fused-ring (bicyclic) bond motifs is 5. The van der Waals surface area contributed by atoms with Gasteiger partial charge in [-0.15, -0.1) is 0 Å². The fourth-order valence-corrected chi connectivity index (χ4v) is 4.94. The van der Waals surface area contributed by atoms with Gasteiger partial charge in [0.05, 0.1) is 13.0 Å². The van der Waals surface area contributed by atoms with Crippen LogP contribution in [0.2, 0.25) is 0 Å². The van der Waals surface area contributed by atoms with Crippen LogP contribution in [0.4, 0.5) is 0 Å². The predicted octanol–water partition coefficient (Wildman–Crippen LogP) is 3.72. The fourth-order valence-electron chi connectivity index (χ4n) is 4.94.